The number of nitrogens with one attached hydrogen (secondary N) is 2. The van der Waals surface area contributed by atoms with Crippen molar-refractivity contribution in [3.63, 3.8) is 0 Å². The lowest BCUT2D eigenvalue weighted by Gasteiger charge is -2.38. The van der Waals surface area contributed by atoms with E-state index < -0.39 is 6.04 Å². The summed E-state index contributed by atoms with van der Waals surface area (Å²) in [4.78, 5) is 44.6. The molecule has 1 atom stereocenters. The maximum Gasteiger partial charge on any atom is 0.243 e. The Morgan fingerprint density at radius 1 is 1.03 bits per heavy atom. The normalized spacial score (nSPS) is 19.8. The van der Waals surface area contributed by atoms with Gasteiger partial charge in [0.1, 0.15) is 6.04 Å². The van der Waals surface area contributed by atoms with Gasteiger partial charge in [-0.2, -0.15) is 0 Å². The first-order chi connectivity index (χ1) is 18.4. The van der Waals surface area contributed by atoms with Gasteiger partial charge in [-0.1, -0.05) is 23.7 Å². The van der Waals surface area contributed by atoms with Crippen molar-refractivity contribution >= 4 is 35.0 Å². The van der Waals surface area contributed by atoms with Gasteiger partial charge >= 0.3 is 0 Å². The minimum absolute atomic E-state index is 0.119. The van der Waals surface area contributed by atoms with Crippen LogP contribution in [0.4, 0.5) is 5.69 Å². The summed E-state index contributed by atoms with van der Waals surface area (Å²) in [7, 11) is 0. The molecule has 10 nitrogen and oxygen atoms in total. The zero-order chi connectivity index (χ0) is 26.6. The van der Waals surface area contributed by atoms with Crippen LogP contribution in [0.2, 0.25) is 5.02 Å². The van der Waals surface area contributed by atoms with Crippen molar-refractivity contribution < 1.29 is 23.9 Å². The average Bonchev–Trinajstić information content (AvgIpc) is 3.36. The Morgan fingerprint density at radius 3 is 2.58 bits per heavy atom. The Bertz CT molecular complexity index is 1220. The molecule has 11 heteroatoms. The van der Waals surface area contributed by atoms with Gasteiger partial charge in [0, 0.05) is 56.5 Å². The Morgan fingerprint density at radius 2 is 1.79 bits per heavy atom. The van der Waals surface area contributed by atoms with Crippen molar-refractivity contribution in [3.05, 3.63) is 52.5 Å². The second kappa shape index (κ2) is 11.6. The number of piperazine rings is 2. The number of ether oxygens (including phenoxy) is 2. The SMILES string of the molecule is Cc1ccc(NC(=O)CC2C(=O)NCCN2C(=O)CN2CCN(Cc3ccc4c(c3)OCO4)CC2)cc1Cl. The predicted octanol–water partition coefficient (Wildman–Crippen LogP) is 1.85. The second-order valence-electron chi connectivity index (χ2n) is 9.85. The molecule has 3 heterocycles. The van der Waals surface area contributed by atoms with Crippen molar-refractivity contribution in [2.45, 2.75) is 25.9 Å². The monoisotopic (exact) mass is 541 g/mol. The maximum atomic E-state index is 13.2. The lowest BCUT2D eigenvalue weighted by Crippen LogP contribution is -2.60. The van der Waals surface area contributed by atoms with Gasteiger partial charge in [0.05, 0.1) is 13.0 Å². The standard InChI is InChI=1S/C27H32ClN5O5/c1-18-2-4-20(13-21(18)28)30-25(34)14-22-27(36)29-6-7-33(22)26(35)16-32-10-8-31(9-11-32)15-19-3-5-23-24(12-19)38-17-37-23/h2-5,12-13,22H,6-11,14-17H2,1H3,(H,29,36)(H,30,34). The van der Waals surface area contributed by atoms with Gasteiger partial charge in [-0.3, -0.25) is 24.2 Å². The van der Waals surface area contributed by atoms with Gasteiger partial charge < -0.3 is 25.0 Å². The average molecular weight is 542 g/mol. The number of anilines is 1. The fraction of sp³-hybridized carbons (Fsp3) is 0.444. The Labute approximate surface area is 226 Å². The molecule has 1 unspecified atom stereocenters. The summed E-state index contributed by atoms with van der Waals surface area (Å²) >= 11 is 6.15. The molecule has 0 radical (unpaired) electrons. The van der Waals surface area contributed by atoms with Crippen molar-refractivity contribution in [1.82, 2.24) is 20.0 Å². The Balaban J connectivity index is 1.12. The lowest BCUT2D eigenvalue weighted by atomic mass is 10.1. The molecule has 2 fully saturated rings. The van der Waals surface area contributed by atoms with Crippen LogP contribution in [-0.4, -0.2) is 91.1 Å². The van der Waals surface area contributed by atoms with E-state index in [0.717, 1.165) is 55.3 Å². The summed E-state index contributed by atoms with van der Waals surface area (Å²) in [5.41, 5.74) is 2.62. The van der Waals surface area contributed by atoms with Crippen molar-refractivity contribution in [2.75, 3.05) is 57.9 Å². The van der Waals surface area contributed by atoms with Gasteiger partial charge in [-0.25, -0.2) is 0 Å². The zero-order valence-electron chi connectivity index (χ0n) is 21.4. The molecule has 0 spiro atoms. The minimum atomic E-state index is -0.843. The van der Waals surface area contributed by atoms with Gasteiger partial charge in [0.25, 0.3) is 0 Å². The Kier molecular flexibility index (Phi) is 8.01. The molecular formula is C27H32ClN5O5. The molecule has 2 N–H and O–H groups in total. The summed E-state index contributed by atoms with van der Waals surface area (Å²) in [6.07, 6.45) is -0.119. The van der Waals surface area contributed by atoms with Gasteiger partial charge in [-0.15, -0.1) is 0 Å². The summed E-state index contributed by atoms with van der Waals surface area (Å²) < 4.78 is 10.9. The maximum absolute atomic E-state index is 13.2. The molecule has 3 amide bonds. The lowest BCUT2D eigenvalue weighted by molar-refractivity contribution is -0.145. The third-order valence-corrected chi connectivity index (χ3v) is 7.56. The van der Waals surface area contributed by atoms with E-state index >= 15 is 0 Å². The fourth-order valence-electron chi connectivity index (χ4n) is 4.96. The quantitative estimate of drug-likeness (QED) is 0.551. The highest BCUT2D eigenvalue weighted by atomic mass is 35.5. The number of benzene rings is 2. The number of carbonyl (C=O) groups is 3. The molecule has 38 heavy (non-hydrogen) atoms. The van der Waals surface area contributed by atoms with Crippen LogP contribution in [0, 0.1) is 6.92 Å². The predicted molar refractivity (Wildman–Crippen MR) is 142 cm³/mol. The first-order valence-electron chi connectivity index (χ1n) is 12.8. The largest absolute Gasteiger partial charge is 0.454 e. The van der Waals surface area contributed by atoms with E-state index in [4.69, 9.17) is 21.1 Å². The molecule has 3 aliphatic heterocycles. The number of amides is 3. The van der Waals surface area contributed by atoms with Crippen molar-refractivity contribution in [1.29, 1.82) is 0 Å². The summed E-state index contributed by atoms with van der Waals surface area (Å²) in [6.45, 7) is 7.06. The van der Waals surface area contributed by atoms with Crippen molar-refractivity contribution in [3.8, 4) is 11.5 Å². The van der Waals surface area contributed by atoms with Crippen LogP contribution in [0.25, 0.3) is 0 Å². The van der Waals surface area contributed by atoms with E-state index in [0.29, 0.717) is 23.8 Å². The summed E-state index contributed by atoms with van der Waals surface area (Å²) in [5.74, 6) is 0.763. The summed E-state index contributed by atoms with van der Waals surface area (Å²) in [5, 5.41) is 6.11. The van der Waals surface area contributed by atoms with E-state index in [-0.39, 0.29) is 37.5 Å². The van der Waals surface area contributed by atoms with Crippen molar-refractivity contribution in [2.24, 2.45) is 0 Å². The minimum Gasteiger partial charge on any atom is -0.454 e. The highest BCUT2D eigenvalue weighted by molar-refractivity contribution is 6.31. The molecule has 2 aromatic carbocycles. The molecule has 0 aromatic heterocycles. The van der Waals surface area contributed by atoms with Crippen LogP contribution in [0.1, 0.15) is 17.5 Å². The molecule has 202 valence electrons. The fourth-order valence-corrected chi connectivity index (χ4v) is 5.14. The number of hydrogen-bond acceptors (Lipinski definition) is 7. The molecule has 3 aliphatic rings. The number of rotatable bonds is 7. The molecule has 0 saturated carbocycles. The van der Waals surface area contributed by atoms with Gasteiger partial charge in [0.2, 0.25) is 24.5 Å². The van der Waals surface area contributed by atoms with Crippen LogP contribution in [0.3, 0.4) is 0 Å². The van der Waals surface area contributed by atoms with Gasteiger partial charge in [0.15, 0.2) is 11.5 Å². The van der Waals surface area contributed by atoms with E-state index in [2.05, 4.69) is 26.5 Å². The number of aryl methyl sites for hydroxylation is 1. The molecule has 0 bridgehead atoms. The van der Waals surface area contributed by atoms with E-state index in [1.54, 1.807) is 17.0 Å². The first-order valence-corrected chi connectivity index (χ1v) is 13.2. The van der Waals surface area contributed by atoms with Crippen LogP contribution in [0.15, 0.2) is 36.4 Å². The molecular weight excluding hydrogens is 510 g/mol. The topological polar surface area (TPSA) is 103 Å². The number of fused-ring (bicyclic) bond motifs is 1. The molecule has 2 aromatic rings. The molecule has 2 saturated heterocycles. The third-order valence-electron chi connectivity index (χ3n) is 7.15. The van der Waals surface area contributed by atoms with Crippen LogP contribution >= 0.6 is 11.6 Å². The smallest absolute Gasteiger partial charge is 0.243 e. The number of carbonyl (C=O) groups excluding carboxylic acids is 3. The Hall–Kier alpha value is -3.34. The molecule has 5 rings (SSSR count). The third kappa shape index (κ3) is 6.20. The van der Waals surface area contributed by atoms with Crippen LogP contribution < -0.4 is 20.1 Å². The number of nitrogens with zero attached hydrogens (tertiary/aromatic N) is 3. The highest BCUT2D eigenvalue weighted by Gasteiger charge is 2.35. The first kappa shape index (κ1) is 26.3. The molecule has 0 aliphatic carbocycles. The van der Waals surface area contributed by atoms with Gasteiger partial charge in [-0.05, 0) is 42.3 Å². The number of hydrogen-bond donors (Lipinski definition) is 2. The highest BCUT2D eigenvalue weighted by Crippen LogP contribution is 2.33. The van der Waals surface area contributed by atoms with Crippen LogP contribution in [0.5, 0.6) is 11.5 Å². The zero-order valence-corrected chi connectivity index (χ0v) is 22.1. The summed E-state index contributed by atoms with van der Waals surface area (Å²) in [6, 6.07) is 10.4. The van der Waals surface area contributed by atoms with E-state index in [1.165, 1.54) is 0 Å². The van der Waals surface area contributed by atoms with Crippen LogP contribution in [-0.2, 0) is 20.9 Å². The van der Waals surface area contributed by atoms with E-state index in [9.17, 15) is 14.4 Å². The van der Waals surface area contributed by atoms with E-state index in [1.807, 2.05) is 25.1 Å². The number of halogens is 1. The second-order valence-corrected chi connectivity index (χ2v) is 10.3.